The minimum Gasteiger partial charge on any atom is -0.373 e. The van der Waals surface area contributed by atoms with Crippen LogP contribution in [0.5, 0.6) is 0 Å². The Balaban J connectivity index is 4.38. The number of nitrogens with one attached hydrogen (secondary N) is 2. The maximum absolute atomic E-state index is 6.26. The Morgan fingerprint density at radius 1 is 0.654 bits per heavy atom. The standard InChI is InChI=1S/C19H45N3O3Si/c1-4-7-16-23-26(24-17-8-5-2,25-18-9-6-3)19-10-12-21-14-15-22-13-11-20/h21-22H,4-20H2,1-3H3. The molecular weight excluding hydrogens is 346 g/mol. The van der Waals surface area contributed by atoms with Gasteiger partial charge in [0.25, 0.3) is 0 Å². The van der Waals surface area contributed by atoms with Crippen molar-refractivity contribution >= 4 is 8.80 Å². The summed E-state index contributed by atoms with van der Waals surface area (Å²) in [7, 11) is -2.56. The molecule has 0 aromatic heterocycles. The molecule has 0 aliphatic heterocycles. The SMILES string of the molecule is CCCCO[Si](CCCNCCNCCN)(OCCCC)OCCCC. The first-order valence-electron chi connectivity index (χ1n) is 10.8. The molecular formula is C19H45N3O3Si. The van der Waals surface area contributed by atoms with E-state index in [0.717, 1.165) is 97.0 Å². The molecule has 6 nitrogen and oxygen atoms in total. The first-order valence-corrected chi connectivity index (χ1v) is 12.7. The summed E-state index contributed by atoms with van der Waals surface area (Å²) in [5, 5.41) is 6.76. The van der Waals surface area contributed by atoms with Gasteiger partial charge in [-0.25, -0.2) is 0 Å². The van der Waals surface area contributed by atoms with Gasteiger partial charge < -0.3 is 29.6 Å². The summed E-state index contributed by atoms with van der Waals surface area (Å²) in [5.41, 5.74) is 5.47. The monoisotopic (exact) mass is 391 g/mol. The zero-order chi connectivity index (χ0) is 19.3. The van der Waals surface area contributed by atoms with E-state index in [2.05, 4.69) is 31.4 Å². The minimum atomic E-state index is -2.56. The van der Waals surface area contributed by atoms with Crippen LogP contribution in [0.1, 0.15) is 65.7 Å². The minimum absolute atomic E-state index is 0.688. The molecule has 0 spiro atoms. The fourth-order valence-corrected chi connectivity index (χ4v) is 5.08. The van der Waals surface area contributed by atoms with Crippen molar-refractivity contribution in [2.45, 2.75) is 71.8 Å². The first kappa shape index (κ1) is 26.0. The normalized spacial score (nSPS) is 12.0. The highest BCUT2D eigenvalue weighted by Crippen LogP contribution is 2.20. The van der Waals surface area contributed by atoms with Gasteiger partial charge in [0.2, 0.25) is 0 Å². The molecule has 0 saturated carbocycles. The van der Waals surface area contributed by atoms with Crippen molar-refractivity contribution < 1.29 is 13.3 Å². The predicted octanol–water partition coefficient (Wildman–Crippen LogP) is 2.90. The molecule has 7 heteroatoms. The zero-order valence-electron chi connectivity index (χ0n) is 17.6. The highest BCUT2D eigenvalue weighted by molar-refractivity contribution is 6.60. The predicted molar refractivity (Wildman–Crippen MR) is 113 cm³/mol. The maximum Gasteiger partial charge on any atom is 0.501 e. The van der Waals surface area contributed by atoms with E-state index in [4.69, 9.17) is 19.0 Å². The average Bonchev–Trinajstić information content (AvgIpc) is 2.64. The van der Waals surface area contributed by atoms with Crippen molar-refractivity contribution in [1.82, 2.24) is 10.6 Å². The van der Waals surface area contributed by atoms with Crippen molar-refractivity contribution in [2.75, 3.05) is 52.5 Å². The van der Waals surface area contributed by atoms with E-state index in [-0.39, 0.29) is 0 Å². The quantitative estimate of drug-likeness (QED) is 0.206. The molecule has 0 unspecified atom stereocenters. The maximum atomic E-state index is 6.26. The van der Waals surface area contributed by atoms with Crippen LogP contribution in [0.2, 0.25) is 6.04 Å². The van der Waals surface area contributed by atoms with Gasteiger partial charge >= 0.3 is 8.80 Å². The molecule has 4 N–H and O–H groups in total. The van der Waals surface area contributed by atoms with Crippen LogP contribution < -0.4 is 16.4 Å². The fraction of sp³-hybridized carbons (Fsp3) is 1.00. The molecule has 158 valence electrons. The highest BCUT2D eigenvalue weighted by atomic mass is 28.4. The van der Waals surface area contributed by atoms with E-state index in [9.17, 15) is 0 Å². The van der Waals surface area contributed by atoms with Gasteiger partial charge in [0.05, 0.1) is 0 Å². The summed E-state index contributed by atoms with van der Waals surface area (Å²) < 4.78 is 18.8. The van der Waals surface area contributed by atoms with E-state index in [1.165, 1.54) is 0 Å². The van der Waals surface area contributed by atoms with Crippen molar-refractivity contribution in [3.8, 4) is 0 Å². The average molecular weight is 392 g/mol. The Labute approximate surface area is 163 Å². The second-order valence-electron chi connectivity index (χ2n) is 6.68. The second kappa shape index (κ2) is 19.7. The lowest BCUT2D eigenvalue weighted by molar-refractivity contribution is 0.0558. The first-order chi connectivity index (χ1) is 12.7. The molecule has 26 heavy (non-hydrogen) atoms. The van der Waals surface area contributed by atoms with Crippen molar-refractivity contribution in [3.63, 3.8) is 0 Å². The molecule has 0 amide bonds. The lowest BCUT2D eigenvalue weighted by atomic mass is 10.4. The van der Waals surface area contributed by atoms with E-state index in [1.54, 1.807) is 0 Å². The molecule has 0 aromatic rings. The molecule has 0 aromatic carbocycles. The molecule has 0 atom stereocenters. The summed E-state index contributed by atoms with van der Waals surface area (Å²) in [6, 6.07) is 0.896. The molecule has 0 heterocycles. The second-order valence-corrected chi connectivity index (χ2v) is 9.41. The van der Waals surface area contributed by atoms with Crippen LogP contribution in [0.4, 0.5) is 0 Å². The van der Waals surface area contributed by atoms with Crippen molar-refractivity contribution in [2.24, 2.45) is 5.73 Å². The Kier molecular flexibility index (Phi) is 19.7. The molecule has 0 aliphatic rings. The summed E-state index contributed by atoms with van der Waals surface area (Å²) in [5.74, 6) is 0. The fourth-order valence-electron chi connectivity index (χ4n) is 2.42. The van der Waals surface area contributed by atoms with E-state index in [0.29, 0.717) is 6.54 Å². The van der Waals surface area contributed by atoms with E-state index >= 15 is 0 Å². The highest BCUT2D eigenvalue weighted by Gasteiger charge is 2.40. The third-order valence-electron chi connectivity index (χ3n) is 4.10. The lowest BCUT2D eigenvalue weighted by Gasteiger charge is -2.30. The van der Waals surface area contributed by atoms with Gasteiger partial charge in [0.1, 0.15) is 0 Å². The number of unbranched alkanes of at least 4 members (excludes halogenated alkanes) is 3. The van der Waals surface area contributed by atoms with Gasteiger partial charge in [-0.3, -0.25) is 0 Å². The number of rotatable bonds is 21. The Morgan fingerprint density at radius 2 is 1.12 bits per heavy atom. The van der Waals surface area contributed by atoms with Gasteiger partial charge in [-0.05, 0) is 32.2 Å². The zero-order valence-corrected chi connectivity index (χ0v) is 18.6. The van der Waals surface area contributed by atoms with Crippen LogP contribution >= 0.6 is 0 Å². The summed E-state index contributed by atoms with van der Waals surface area (Å²) in [6.45, 7) is 13.2. The molecule has 0 saturated heterocycles. The number of hydrogen-bond donors (Lipinski definition) is 3. The molecule has 0 bridgehead atoms. The van der Waals surface area contributed by atoms with Crippen LogP contribution in [-0.4, -0.2) is 61.3 Å². The summed E-state index contributed by atoms with van der Waals surface area (Å²) in [4.78, 5) is 0. The van der Waals surface area contributed by atoms with Gasteiger partial charge in [-0.1, -0.05) is 40.0 Å². The summed E-state index contributed by atoms with van der Waals surface area (Å²) in [6.07, 6.45) is 7.60. The Bertz CT molecular complexity index is 260. The Hall–Kier alpha value is -0.0231. The third kappa shape index (κ3) is 15.1. The molecule has 0 radical (unpaired) electrons. The van der Waals surface area contributed by atoms with Gasteiger partial charge in [-0.2, -0.15) is 0 Å². The summed E-state index contributed by atoms with van der Waals surface area (Å²) >= 11 is 0. The van der Waals surface area contributed by atoms with Crippen molar-refractivity contribution in [3.05, 3.63) is 0 Å². The van der Waals surface area contributed by atoms with Crippen LogP contribution in [0.15, 0.2) is 0 Å². The smallest absolute Gasteiger partial charge is 0.373 e. The van der Waals surface area contributed by atoms with Gasteiger partial charge in [0, 0.05) is 52.0 Å². The van der Waals surface area contributed by atoms with Crippen LogP contribution in [0, 0.1) is 0 Å². The van der Waals surface area contributed by atoms with Gasteiger partial charge in [0.15, 0.2) is 0 Å². The third-order valence-corrected chi connectivity index (χ3v) is 6.99. The van der Waals surface area contributed by atoms with Gasteiger partial charge in [-0.15, -0.1) is 0 Å². The lowest BCUT2D eigenvalue weighted by Crippen LogP contribution is -2.47. The van der Waals surface area contributed by atoms with Crippen LogP contribution in [0.25, 0.3) is 0 Å². The molecule has 0 rings (SSSR count). The van der Waals surface area contributed by atoms with Crippen molar-refractivity contribution in [1.29, 1.82) is 0 Å². The molecule has 0 aliphatic carbocycles. The number of hydrogen-bond acceptors (Lipinski definition) is 6. The topological polar surface area (TPSA) is 77.8 Å². The molecule has 0 fully saturated rings. The van der Waals surface area contributed by atoms with Crippen LogP contribution in [0.3, 0.4) is 0 Å². The van der Waals surface area contributed by atoms with E-state index < -0.39 is 8.80 Å². The number of nitrogens with two attached hydrogens (primary N) is 1. The van der Waals surface area contributed by atoms with Crippen LogP contribution in [-0.2, 0) is 13.3 Å². The van der Waals surface area contributed by atoms with E-state index in [1.807, 2.05) is 0 Å². The largest absolute Gasteiger partial charge is 0.501 e. The Morgan fingerprint density at radius 3 is 1.54 bits per heavy atom.